The minimum absolute atomic E-state index is 0.162. The highest BCUT2D eigenvalue weighted by atomic mass is 16.4. The molecule has 4 bridgehead atoms. The van der Waals surface area contributed by atoms with Crippen LogP contribution in [0.2, 0.25) is 0 Å². The fourth-order valence-corrected chi connectivity index (χ4v) is 5.38. The summed E-state index contributed by atoms with van der Waals surface area (Å²) in [6.45, 7) is 0. The molecule has 0 spiro atoms. The molecule has 3 heteroatoms. The Balaban J connectivity index is 1.65. The summed E-state index contributed by atoms with van der Waals surface area (Å²) in [5, 5.41) is 9.05. The lowest BCUT2D eigenvalue weighted by molar-refractivity contribution is -0.136. The average molecular weight is 259 g/mol. The predicted molar refractivity (Wildman–Crippen MR) is 71.9 cm³/mol. The van der Waals surface area contributed by atoms with Gasteiger partial charge in [0.15, 0.2) is 0 Å². The number of carboxylic acid groups (broad SMARTS) is 1. The van der Waals surface area contributed by atoms with Crippen LogP contribution in [0.5, 0.6) is 0 Å². The van der Waals surface area contributed by atoms with Gasteiger partial charge in [-0.25, -0.2) is 0 Å². The zero-order chi connectivity index (χ0) is 13.0. The molecule has 1 N–H and O–H groups in total. The van der Waals surface area contributed by atoms with Gasteiger partial charge in [0.05, 0.1) is 6.42 Å². The number of carbonyl (C=O) groups is 1. The third-order valence-electron chi connectivity index (χ3n) is 5.70. The zero-order valence-electron chi connectivity index (χ0n) is 11.2. The van der Waals surface area contributed by atoms with Gasteiger partial charge in [0.1, 0.15) is 0 Å². The molecule has 4 aliphatic rings. The fourth-order valence-electron chi connectivity index (χ4n) is 5.38. The van der Waals surface area contributed by atoms with Gasteiger partial charge >= 0.3 is 5.97 Å². The topological polar surface area (TPSA) is 42.2 Å². The summed E-state index contributed by atoms with van der Waals surface area (Å²) in [6, 6.07) is 4.58. The van der Waals surface area contributed by atoms with Crippen molar-refractivity contribution >= 4 is 5.97 Å². The number of rotatable bonds is 3. The van der Waals surface area contributed by atoms with Crippen LogP contribution in [-0.4, -0.2) is 15.6 Å². The summed E-state index contributed by atoms with van der Waals surface area (Å²) in [5.41, 5.74) is 0.991. The molecule has 3 nitrogen and oxygen atoms in total. The molecule has 0 aliphatic heterocycles. The van der Waals surface area contributed by atoms with E-state index in [1.165, 1.54) is 32.1 Å². The Kier molecular flexibility index (Phi) is 2.51. The van der Waals surface area contributed by atoms with E-state index < -0.39 is 5.97 Å². The van der Waals surface area contributed by atoms with E-state index in [0.717, 1.165) is 29.4 Å². The van der Waals surface area contributed by atoms with Crippen LogP contribution >= 0.6 is 0 Å². The summed E-state index contributed by atoms with van der Waals surface area (Å²) in [4.78, 5) is 11.0. The fraction of sp³-hybridized carbons (Fsp3) is 0.688. The molecular weight excluding hydrogens is 238 g/mol. The second-order valence-electron chi connectivity index (χ2n) is 6.90. The van der Waals surface area contributed by atoms with E-state index in [1.54, 1.807) is 0 Å². The normalized spacial score (nSPS) is 39.7. The molecule has 5 rings (SSSR count). The number of hydrogen-bond donors (Lipinski definition) is 1. The molecule has 4 saturated carbocycles. The van der Waals surface area contributed by atoms with E-state index in [0.29, 0.717) is 6.04 Å². The molecule has 19 heavy (non-hydrogen) atoms. The minimum atomic E-state index is -0.719. The van der Waals surface area contributed by atoms with Gasteiger partial charge in [0.25, 0.3) is 0 Å². The number of hydrogen-bond acceptors (Lipinski definition) is 1. The summed E-state index contributed by atoms with van der Waals surface area (Å²) in [7, 11) is 0. The van der Waals surface area contributed by atoms with Crippen molar-refractivity contribution in [1.82, 2.24) is 4.57 Å². The molecule has 0 aromatic carbocycles. The molecule has 0 atom stereocenters. The quantitative estimate of drug-likeness (QED) is 0.906. The lowest BCUT2D eigenvalue weighted by Crippen LogP contribution is -2.46. The highest BCUT2D eigenvalue weighted by Gasteiger charge is 2.48. The smallest absolute Gasteiger partial charge is 0.309 e. The van der Waals surface area contributed by atoms with Crippen LogP contribution in [-0.2, 0) is 11.2 Å². The van der Waals surface area contributed by atoms with Gasteiger partial charge in [0.2, 0.25) is 0 Å². The summed E-state index contributed by atoms with van der Waals surface area (Å²) >= 11 is 0. The SMILES string of the molecule is O=C(O)Cc1cccn1C1C2CC3CC(C2)CC1C3. The summed E-state index contributed by atoms with van der Waals surface area (Å²) in [6.07, 6.45) is 9.25. The molecule has 0 unspecified atom stereocenters. The van der Waals surface area contributed by atoms with E-state index in [4.69, 9.17) is 5.11 Å². The van der Waals surface area contributed by atoms with Gasteiger partial charge < -0.3 is 9.67 Å². The van der Waals surface area contributed by atoms with E-state index in [-0.39, 0.29) is 6.42 Å². The van der Waals surface area contributed by atoms with Gasteiger partial charge in [-0.1, -0.05) is 0 Å². The standard InChI is InChI=1S/C16H21NO2/c18-15(19)9-14-2-1-3-17(14)16-12-5-10-4-11(7-12)8-13(16)6-10/h1-3,10-13,16H,4-9H2,(H,18,19). The molecule has 0 amide bonds. The first-order valence-corrected chi connectivity index (χ1v) is 7.58. The highest BCUT2D eigenvalue weighted by molar-refractivity contribution is 5.69. The van der Waals surface area contributed by atoms with Crippen LogP contribution < -0.4 is 0 Å². The van der Waals surface area contributed by atoms with Crippen LogP contribution in [0.4, 0.5) is 0 Å². The van der Waals surface area contributed by atoms with Crippen LogP contribution in [0.25, 0.3) is 0 Å². The maximum absolute atomic E-state index is 11.0. The Morgan fingerprint density at radius 3 is 2.37 bits per heavy atom. The molecule has 0 saturated heterocycles. The second-order valence-corrected chi connectivity index (χ2v) is 6.90. The van der Waals surface area contributed by atoms with Crippen molar-refractivity contribution in [1.29, 1.82) is 0 Å². The first kappa shape index (κ1) is 11.6. The van der Waals surface area contributed by atoms with E-state index in [2.05, 4.69) is 10.8 Å². The number of nitrogens with zero attached hydrogens (tertiary/aromatic N) is 1. The van der Waals surface area contributed by atoms with E-state index in [9.17, 15) is 4.79 Å². The third-order valence-corrected chi connectivity index (χ3v) is 5.70. The summed E-state index contributed by atoms with van der Waals surface area (Å²) in [5.74, 6) is 2.82. The van der Waals surface area contributed by atoms with Crippen molar-refractivity contribution in [2.24, 2.45) is 23.7 Å². The van der Waals surface area contributed by atoms with Crippen LogP contribution in [0.1, 0.15) is 43.8 Å². The van der Waals surface area contributed by atoms with Crippen molar-refractivity contribution < 1.29 is 9.90 Å². The Morgan fingerprint density at radius 2 is 1.79 bits per heavy atom. The van der Waals surface area contributed by atoms with Crippen molar-refractivity contribution in [2.75, 3.05) is 0 Å². The van der Waals surface area contributed by atoms with Gasteiger partial charge in [-0.2, -0.15) is 0 Å². The third kappa shape index (κ3) is 1.82. The minimum Gasteiger partial charge on any atom is -0.481 e. The number of carboxylic acids is 1. The van der Waals surface area contributed by atoms with E-state index >= 15 is 0 Å². The molecule has 102 valence electrons. The number of aromatic nitrogens is 1. The van der Waals surface area contributed by atoms with Crippen molar-refractivity contribution in [2.45, 2.75) is 44.6 Å². The van der Waals surface area contributed by atoms with Gasteiger partial charge in [0, 0.05) is 17.9 Å². The molecule has 1 aromatic rings. The van der Waals surface area contributed by atoms with E-state index in [1.807, 2.05) is 12.1 Å². The number of aliphatic carboxylic acids is 1. The summed E-state index contributed by atoms with van der Waals surface area (Å²) < 4.78 is 2.31. The van der Waals surface area contributed by atoms with Crippen LogP contribution in [0.15, 0.2) is 18.3 Å². The molecule has 4 aliphatic carbocycles. The van der Waals surface area contributed by atoms with Crippen LogP contribution in [0.3, 0.4) is 0 Å². The lowest BCUT2D eigenvalue weighted by Gasteiger charge is -2.55. The maximum atomic E-state index is 11.0. The molecule has 1 aromatic heterocycles. The average Bonchev–Trinajstić information content (AvgIpc) is 2.75. The first-order valence-electron chi connectivity index (χ1n) is 7.58. The molecule has 4 fully saturated rings. The zero-order valence-corrected chi connectivity index (χ0v) is 11.2. The predicted octanol–water partition coefficient (Wildman–Crippen LogP) is 3.11. The Morgan fingerprint density at radius 1 is 1.16 bits per heavy atom. The van der Waals surface area contributed by atoms with Crippen molar-refractivity contribution in [3.05, 3.63) is 24.0 Å². The van der Waals surface area contributed by atoms with Crippen molar-refractivity contribution in [3.8, 4) is 0 Å². The molecular formula is C16H21NO2. The Labute approximate surface area is 113 Å². The molecule has 0 radical (unpaired) electrons. The second kappa shape index (κ2) is 4.12. The van der Waals surface area contributed by atoms with Gasteiger partial charge in [-0.3, -0.25) is 4.79 Å². The lowest BCUT2D eigenvalue weighted by atomic mass is 9.54. The van der Waals surface area contributed by atoms with Crippen molar-refractivity contribution in [3.63, 3.8) is 0 Å². The Hall–Kier alpha value is -1.25. The maximum Gasteiger partial charge on any atom is 0.309 e. The Bertz CT molecular complexity index is 477. The monoisotopic (exact) mass is 259 g/mol. The van der Waals surface area contributed by atoms with Gasteiger partial charge in [-0.05, 0) is 67.9 Å². The largest absolute Gasteiger partial charge is 0.481 e. The molecule has 1 heterocycles. The highest BCUT2D eigenvalue weighted by Crippen LogP contribution is 2.58. The van der Waals surface area contributed by atoms with Gasteiger partial charge in [-0.15, -0.1) is 0 Å². The first-order chi connectivity index (χ1) is 9.20. The van der Waals surface area contributed by atoms with Crippen LogP contribution in [0, 0.1) is 23.7 Å².